The molecule has 108 valence electrons. The molecule has 2 aromatic carbocycles. The largest absolute Gasteiger partial charge is 0.486 e. The number of nitrogens with zero attached hydrogens (tertiary/aromatic N) is 5. The van der Waals surface area contributed by atoms with Crippen LogP contribution < -0.4 is 4.74 Å². The first-order chi connectivity index (χ1) is 10.9. The van der Waals surface area contributed by atoms with Gasteiger partial charge in [-0.25, -0.2) is 9.67 Å². The molecule has 22 heavy (non-hydrogen) atoms. The normalized spacial score (nSPS) is 10.9. The van der Waals surface area contributed by atoms with Crippen LogP contribution in [0.5, 0.6) is 5.75 Å². The maximum absolute atomic E-state index is 5.78. The predicted molar refractivity (Wildman–Crippen MR) is 83.1 cm³/mol. The van der Waals surface area contributed by atoms with E-state index in [-0.39, 0.29) is 0 Å². The lowest BCUT2D eigenvalue weighted by Gasteiger charge is -2.05. The Hall–Kier alpha value is -2.80. The molecule has 0 aliphatic heterocycles. The van der Waals surface area contributed by atoms with Gasteiger partial charge in [0.05, 0.1) is 15.9 Å². The van der Waals surface area contributed by atoms with Gasteiger partial charge in [-0.1, -0.05) is 12.1 Å². The zero-order valence-electron chi connectivity index (χ0n) is 11.5. The highest BCUT2D eigenvalue weighted by Crippen LogP contribution is 2.23. The second-order valence-corrected chi connectivity index (χ2v) is 5.73. The maximum Gasteiger partial charge on any atom is 0.143 e. The van der Waals surface area contributed by atoms with E-state index in [0.29, 0.717) is 6.61 Å². The highest BCUT2D eigenvalue weighted by molar-refractivity contribution is 7.18. The lowest BCUT2D eigenvalue weighted by atomic mass is 10.3. The smallest absolute Gasteiger partial charge is 0.143 e. The van der Waals surface area contributed by atoms with Crippen molar-refractivity contribution in [3.63, 3.8) is 0 Å². The molecule has 0 atom stereocenters. The number of para-hydroxylation sites is 1. The highest BCUT2D eigenvalue weighted by Gasteiger charge is 2.04. The Balaban J connectivity index is 1.47. The van der Waals surface area contributed by atoms with Gasteiger partial charge >= 0.3 is 0 Å². The average molecular weight is 309 g/mol. The number of fused-ring (bicyclic) bond motifs is 1. The summed E-state index contributed by atoms with van der Waals surface area (Å²) in [5.41, 5.74) is 1.90. The zero-order chi connectivity index (χ0) is 14.8. The number of aromatic nitrogens is 5. The Labute approximate surface area is 130 Å². The maximum atomic E-state index is 5.78. The van der Waals surface area contributed by atoms with Crippen LogP contribution in [0.1, 0.15) is 5.01 Å². The molecule has 0 aliphatic carbocycles. The zero-order valence-corrected chi connectivity index (χ0v) is 12.3. The van der Waals surface area contributed by atoms with Crippen molar-refractivity contribution >= 4 is 21.6 Å². The number of rotatable bonds is 4. The first kappa shape index (κ1) is 12.9. The van der Waals surface area contributed by atoms with Crippen molar-refractivity contribution in [2.75, 3.05) is 0 Å². The summed E-state index contributed by atoms with van der Waals surface area (Å²) in [7, 11) is 0. The van der Waals surface area contributed by atoms with Crippen molar-refractivity contribution in [3.05, 3.63) is 59.9 Å². The molecule has 0 saturated carbocycles. The second kappa shape index (κ2) is 5.53. The molecule has 0 aliphatic rings. The van der Waals surface area contributed by atoms with E-state index in [1.54, 1.807) is 22.3 Å². The van der Waals surface area contributed by atoms with Crippen molar-refractivity contribution in [1.29, 1.82) is 0 Å². The quantitative estimate of drug-likeness (QED) is 0.580. The summed E-state index contributed by atoms with van der Waals surface area (Å²) in [6.07, 6.45) is 1.55. The van der Waals surface area contributed by atoms with Crippen molar-refractivity contribution in [2.24, 2.45) is 0 Å². The van der Waals surface area contributed by atoms with E-state index >= 15 is 0 Å². The fourth-order valence-electron chi connectivity index (χ4n) is 2.10. The summed E-state index contributed by atoms with van der Waals surface area (Å²) >= 11 is 1.65. The molecule has 0 amide bonds. The van der Waals surface area contributed by atoms with E-state index in [2.05, 4.69) is 26.6 Å². The van der Waals surface area contributed by atoms with Crippen LogP contribution in [-0.4, -0.2) is 25.2 Å². The van der Waals surface area contributed by atoms with Crippen LogP contribution in [0, 0.1) is 0 Å². The van der Waals surface area contributed by atoms with E-state index in [1.807, 2.05) is 42.5 Å². The van der Waals surface area contributed by atoms with E-state index in [4.69, 9.17) is 4.74 Å². The molecule has 0 radical (unpaired) electrons. The minimum atomic E-state index is 0.462. The van der Waals surface area contributed by atoms with Gasteiger partial charge in [0.25, 0.3) is 0 Å². The predicted octanol–water partition coefficient (Wildman–Crippen LogP) is 2.85. The van der Waals surface area contributed by atoms with Crippen LogP contribution in [-0.2, 0) is 6.61 Å². The molecule has 0 fully saturated rings. The SMILES string of the molecule is c1ccc2sc(COc3ccc(-n4cnnn4)cc3)nc2c1. The molecule has 7 heteroatoms. The monoisotopic (exact) mass is 309 g/mol. The topological polar surface area (TPSA) is 65.7 Å². The van der Waals surface area contributed by atoms with Gasteiger partial charge in [0.2, 0.25) is 0 Å². The molecular formula is C15H11N5OS. The highest BCUT2D eigenvalue weighted by atomic mass is 32.1. The van der Waals surface area contributed by atoms with Gasteiger partial charge in [0.15, 0.2) is 0 Å². The number of thiazole rings is 1. The van der Waals surface area contributed by atoms with Gasteiger partial charge in [0.1, 0.15) is 23.7 Å². The standard InChI is InChI=1S/C15H11N5OS/c1-2-4-14-13(3-1)17-15(22-14)9-21-12-7-5-11(6-8-12)20-10-16-18-19-20/h1-8,10H,9H2. The van der Waals surface area contributed by atoms with Crippen LogP contribution in [0.2, 0.25) is 0 Å². The summed E-state index contributed by atoms with van der Waals surface area (Å²) in [5, 5.41) is 12.0. The van der Waals surface area contributed by atoms with Crippen molar-refractivity contribution in [2.45, 2.75) is 6.61 Å². The van der Waals surface area contributed by atoms with Crippen LogP contribution in [0.4, 0.5) is 0 Å². The Morgan fingerprint density at radius 1 is 1.05 bits per heavy atom. The molecule has 4 rings (SSSR count). The Bertz CT molecular complexity index is 853. The van der Waals surface area contributed by atoms with E-state index in [1.165, 1.54) is 4.70 Å². The molecular weight excluding hydrogens is 298 g/mol. The number of ether oxygens (including phenoxy) is 1. The number of tetrazole rings is 1. The van der Waals surface area contributed by atoms with Gasteiger partial charge in [-0.05, 0) is 46.8 Å². The third-order valence-electron chi connectivity index (χ3n) is 3.15. The van der Waals surface area contributed by atoms with Crippen molar-refractivity contribution < 1.29 is 4.74 Å². The molecule has 2 aromatic heterocycles. The minimum Gasteiger partial charge on any atom is -0.486 e. The molecule has 0 spiro atoms. The first-order valence-corrected chi connectivity index (χ1v) is 7.51. The molecule has 2 heterocycles. The van der Waals surface area contributed by atoms with Gasteiger partial charge in [0, 0.05) is 0 Å². The lowest BCUT2D eigenvalue weighted by Crippen LogP contribution is -1.97. The molecule has 0 N–H and O–H groups in total. The van der Waals surface area contributed by atoms with E-state index in [0.717, 1.165) is 22.0 Å². The van der Waals surface area contributed by atoms with Crippen LogP contribution in [0.3, 0.4) is 0 Å². The number of benzene rings is 2. The summed E-state index contributed by atoms with van der Waals surface area (Å²) in [4.78, 5) is 4.55. The minimum absolute atomic E-state index is 0.462. The molecule has 6 nitrogen and oxygen atoms in total. The molecule has 0 unspecified atom stereocenters. The van der Waals surface area contributed by atoms with E-state index in [9.17, 15) is 0 Å². The first-order valence-electron chi connectivity index (χ1n) is 6.69. The molecule has 4 aromatic rings. The van der Waals surface area contributed by atoms with Crippen LogP contribution in [0.25, 0.3) is 15.9 Å². The fourth-order valence-corrected chi connectivity index (χ4v) is 2.98. The summed E-state index contributed by atoms with van der Waals surface area (Å²) in [5.74, 6) is 0.788. The van der Waals surface area contributed by atoms with Gasteiger partial charge < -0.3 is 4.74 Å². The Kier molecular flexibility index (Phi) is 3.24. The van der Waals surface area contributed by atoms with Crippen LogP contribution in [0.15, 0.2) is 54.9 Å². The number of hydrogen-bond donors (Lipinski definition) is 0. The Morgan fingerprint density at radius 3 is 2.68 bits per heavy atom. The fraction of sp³-hybridized carbons (Fsp3) is 0.0667. The second-order valence-electron chi connectivity index (χ2n) is 4.61. The third-order valence-corrected chi connectivity index (χ3v) is 4.16. The van der Waals surface area contributed by atoms with Crippen molar-refractivity contribution in [1.82, 2.24) is 25.2 Å². The van der Waals surface area contributed by atoms with Gasteiger partial charge in [-0.15, -0.1) is 16.4 Å². The van der Waals surface area contributed by atoms with Crippen LogP contribution >= 0.6 is 11.3 Å². The summed E-state index contributed by atoms with van der Waals surface area (Å²) in [6.45, 7) is 0.462. The van der Waals surface area contributed by atoms with Crippen molar-refractivity contribution in [3.8, 4) is 11.4 Å². The lowest BCUT2D eigenvalue weighted by molar-refractivity contribution is 0.306. The molecule has 0 bridgehead atoms. The third kappa shape index (κ3) is 2.53. The van der Waals surface area contributed by atoms with Gasteiger partial charge in [-0.3, -0.25) is 0 Å². The number of hydrogen-bond acceptors (Lipinski definition) is 6. The van der Waals surface area contributed by atoms with Gasteiger partial charge in [-0.2, -0.15) is 0 Å². The summed E-state index contributed by atoms with van der Waals surface area (Å²) in [6, 6.07) is 15.7. The summed E-state index contributed by atoms with van der Waals surface area (Å²) < 4.78 is 8.55. The average Bonchev–Trinajstić information content (AvgIpc) is 3.22. The molecule has 0 saturated heterocycles. The van der Waals surface area contributed by atoms with E-state index < -0.39 is 0 Å². The Morgan fingerprint density at radius 2 is 1.91 bits per heavy atom.